The highest BCUT2D eigenvalue weighted by atomic mass is 32.2. The number of nitrogens with one attached hydrogen (secondary N) is 1. The van der Waals surface area contributed by atoms with Crippen LogP contribution in [0.4, 0.5) is 5.82 Å². The molecule has 0 aliphatic heterocycles. The SMILES string of the molecule is CCOC(=O)c1cnn(-c2ccccc2)c1NC(=O)CSc1ncccn1. The van der Waals surface area contributed by atoms with E-state index in [2.05, 4.69) is 20.4 Å². The summed E-state index contributed by atoms with van der Waals surface area (Å²) in [6.07, 6.45) is 4.60. The molecule has 0 saturated carbocycles. The predicted molar refractivity (Wildman–Crippen MR) is 101 cm³/mol. The molecule has 3 aromatic rings. The van der Waals surface area contributed by atoms with Crippen molar-refractivity contribution in [3.63, 3.8) is 0 Å². The second kappa shape index (κ2) is 8.95. The number of benzene rings is 1. The van der Waals surface area contributed by atoms with E-state index < -0.39 is 5.97 Å². The number of carbonyl (C=O) groups excluding carboxylic acids is 2. The van der Waals surface area contributed by atoms with Gasteiger partial charge in [-0.3, -0.25) is 4.79 Å². The van der Waals surface area contributed by atoms with E-state index in [0.29, 0.717) is 10.8 Å². The lowest BCUT2D eigenvalue weighted by Crippen LogP contribution is -2.19. The quantitative estimate of drug-likeness (QED) is 0.380. The lowest BCUT2D eigenvalue weighted by Gasteiger charge is -2.11. The fourth-order valence-electron chi connectivity index (χ4n) is 2.25. The number of para-hydroxylation sites is 1. The van der Waals surface area contributed by atoms with Crippen molar-refractivity contribution in [3.05, 3.63) is 60.6 Å². The van der Waals surface area contributed by atoms with E-state index in [1.165, 1.54) is 22.6 Å². The van der Waals surface area contributed by atoms with Crippen LogP contribution in [0.2, 0.25) is 0 Å². The molecule has 9 heteroatoms. The highest BCUT2D eigenvalue weighted by Gasteiger charge is 2.21. The monoisotopic (exact) mass is 383 g/mol. The molecule has 0 saturated heterocycles. The van der Waals surface area contributed by atoms with E-state index in [1.807, 2.05) is 30.3 Å². The van der Waals surface area contributed by atoms with Crippen molar-refractivity contribution in [1.82, 2.24) is 19.7 Å². The van der Waals surface area contributed by atoms with Gasteiger partial charge in [-0.05, 0) is 25.1 Å². The molecule has 0 bridgehead atoms. The van der Waals surface area contributed by atoms with Crippen LogP contribution >= 0.6 is 11.8 Å². The van der Waals surface area contributed by atoms with Crippen molar-refractivity contribution < 1.29 is 14.3 Å². The number of esters is 1. The van der Waals surface area contributed by atoms with Crippen molar-refractivity contribution in [2.75, 3.05) is 17.7 Å². The first-order valence-corrected chi connectivity index (χ1v) is 9.18. The third kappa shape index (κ3) is 4.70. The lowest BCUT2D eigenvalue weighted by atomic mass is 10.3. The Morgan fingerprint density at radius 3 is 2.59 bits per heavy atom. The molecule has 0 aliphatic carbocycles. The second-order valence-electron chi connectivity index (χ2n) is 5.24. The Labute approximate surface area is 160 Å². The minimum absolute atomic E-state index is 0.0895. The Balaban J connectivity index is 1.82. The third-order valence-electron chi connectivity index (χ3n) is 3.40. The van der Waals surface area contributed by atoms with Gasteiger partial charge in [0.1, 0.15) is 5.56 Å². The van der Waals surface area contributed by atoms with Gasteiger partial charge in [0.2, 0.25) is 5.91 Å². The number of thioether (sulfide) groups is 1. The van der Waals surface area contributed by atoms with E-state index >= 15 is 0 Å². The zero-order valence-corrected chi connectivity index (χ0v) is 15.3. The van der Waals surface area contributed by atoms with Crippen LogP contribution in [0.3, 0.4) is 0 Å². The van der Waals surface area contributed by atoms with Crippen LogP contribution in [0.15, 0.2) is 60.1 Å². The highest BCUT2D eigenvalue weighted by Crippen LogP contribution is 2.22. The molecular weight excluding hydrogens is 366 g/mol. The number of ether oxygens (including phenoxy) is 1. The van der Waals surface area contributed by atoms with Gasteiger partial charge in [0.25, 0.3) is 0 Å². The summed E-state index contributed by atoms with van der Waals surface area (Å²) < 4.78 is 6.55. The zero-order valence-electron chi connectivity index (χ0n) is 14.5. The van der Waals surface area contributed by atoms with Crippen molar-refractivity contribution in [3.8, 4) is 5.69 Å². The van der Waals surface area contributed by atoms with Crippen LogP contribution in [0.1, 0.15) is 17.3 Å². The van der Waals surface area contributed by atoms with E-state index in [-0.39, 0.29) is 29.6 Å². The van der Waals surface area contributed by atoms with Crippen molar-refractivity contribution in [2.24, 2.45) is 0 Å². The van der Waals surface area contributed by atoms with Crippen LogP contribution in [0.25, 0.3) is 5.69 Å². The molecule has 0 radical (unpaired) electrons. The van der Waals surface area contributed by atoms with Gasteiger partial charge in [-0.1, -0.05) is 30.0 Å². The van der Waals surface area contributed by atoms with Crippen molar-refractivity contribution >= 4 is 29.5 Å². The van der Waals surface area contributed by atoms with E-state index in [1.54, 1.807) is 25.4 Å². The topological polar surface area (TPSA) is 99.0 Å². The molecule has 1 aromatic carbocycles. The van der Waals surface area contributed by atoms with Crippen LogP contribution < -0.4 is 5.32 Å². The Morgan fingerprint density at radius 1 is 1.15 bits per heavy atom. The number of amides is 1. The molecule has 8 nitrogen and oxygen atoms in total. The van der Waals surface area contributed by atoms with Crippen molar-refractivity contribution in [2.45, 2.75) is 12.1 Å². The summed E-state index contributed by atoms with van der Waals surface area (Å²) in [5, 5.41) is 7.48. The predicted octanol–water partition coefficient (Wildman–Crippen LogP) is 2.57. The summed E-state index contributed by atoms with van der Waals surface area (Å²) >= 11 is 1.20. The number of rotatable bonds is 7. The minimum atomic E-state index is -0.547. The second-order valence-corrected chi connectivity index (χ2v) is 6.19. The molecule has 3 rings (SSSR count). The van der Waals surface area contributed by atoms with E-state index in [9.17, 15) is 9.59 Å². The molecule has 0 unspecified atom stereocenters. The molecule has 27 heavy (non-hydrogen) atoms. The summed E-state index contributed by atoms with van der Waals surface area (Å²) in [4.78, 5) is 32.8. The van der Waals surface area contributed by atoms with Crippen LogP contribution in [-0.2, 0) is 9.53 Å². The summed E-state index contributed by atoms with van der Waals surface area (Å²) in [6.45, 7) is 1.94. The largest absolute Gasteiger partial charge is 0.462 e. The average Bonchev–Trinajstić information content (AvgIpc) is 3.11. The molecule has 0 spiro atoms. The van der Waals surface area contributed by atoms with Gasteiger partial charge in [-0.25, -0.2) is 19.4 Å². The molecule has 0 atom stereocenters. The normalized spacial score (nSPS) is 10.4. The molecular formula is C18H17N5O3S. The number of aromatic nitrogens is 4. The summed E-state index contributed by atoms with van der Waals surface area (Å²) in [5.41, 5.74) is 0.900. The number of hydrogen-bond acceptors (Lipinski definition) is 7. The minimum Gasteiger partial charge on any atom is -0.462 e. The van der Waals surface area contributed by atoms with Gasteiger partial charge >= 0.3 is 5.97 Å². The molecule has 138 valence electrons. The first-order valence-electron chi connectivity index (χ1n) is 8.19. The maximum atomic E-state index is 12.4. The van der Waals surface area contributed by atoms with Gasteiger partial charge in [-0.15, -0.1) is 0 Å². The van der Waals surface area contributed by atoms with Gasteiger partial charge in [0.15, 0.2) is 11.0 Å². The van der Waals surface area contributed by atoms with Crippen LogP contribution in [0, 0.1) is 0 Å². The fraction of sp³-hybridized carbons (Fsp3) is 0.167. The van der Waals surface area contributed by atoms with Crippen LogP contribution in [-0.4, -0.2) is 44.0 Å². The van der Waals surface area contributed by atoms with Gasteiger partial charge < -0.3 is 10.1 Å². The Morgan fingerprint density at radius 2 is 1.89 bits per heavy atom. The standard InChI is InChI=1S/C18H17N5O3S/c1-2-26-17(25)14-11-21-23(13-7-4-3-5-8-13)16(14)22-15(24)12-27-18-19-9-6-10-20-18/h3-11H,2,12H2,1H3,(H,22,24). The number of hydrogen-bond donors (Lipinski definition) is 1. The molecule has 1 amide bonds. The van der Waals surface area contributed by atoms with E-state index in [4.69, 9.17) is 4.74 Å². The number of nitrogens with zero attached hydrogens (tertiary/aromatic N) is 4. The molecule has 2 aromatic heterocycles. The molecule has 0 aliphatic rings. The Hall–Kier alpha value is -3.20. The summed E-state index contributed by atoms with van der Waals surface area (Å²) in [5.74, 6) is -0.504. The highest BCUT2D eigenvalue weighted by molar-refractivity contribution is 7.99. The fourth-order valence-corrected chi connectivity index (χ4v) is 2.85. The molecule has 1 N–H and O–H groups in total. The zero-order chi connectivity index (χ0) is 19.1. The van der Waals surface area contributed by atoms with Gasteiger partial charge in [0.05, 0.1) is 24.2 Å². The Bertz CT molecular complexity index is 915. The maximum absolute atomic E-state index is 12.4. The van der Waals surface area contributed by atoms with Crippen LogP contribution in [0.5, 0.6) is 0 Å². The maximum Gasteiger partial charge on any atom is 0.343 e. The molecule has 2 heterocycles. The first-order chi connectivity index (χ1) is 13.2. The van der Waals surface area contributed by atoms with E-state index in [0.717, 1.165) is 0 Å². The first kappa shape index (κ1) is 18.6. The average molecular weight is 383 g/mol. The smallest absolute Gasteiger partial charge is 0.343 e. The Kier molecular flexibility index (Phi) is 6.16. The number of anilines is 1. The lowest BCUT2D eigenvalue weighted by molar-refractivity contribution is -0.113. The van der Waals surface area contributed by atoms with Gasteiger partial charge in [-0.2, -0.15) is 5.10 Å². The number of carbonyl (C=O) groups is 2. The summed E-state index contributed by atoms with van der Waals surface area (Å²) in [6, 6.07) is 10.9. The third-order valence-corrected chi connectivity index (χ3v) is 4.27. The summed E-state index contributed by atoms with van der Waals surface area (Å²) in [7, 11) is 0. The van der Waals surface area contributed by atoms with Gasteiger partial charge in [0, 0.05) is 12.4 Å². The molecule has 0 fully saturated rings. The van der Waals surface area contributed by atoms with Crippen molar-refractivity contribution in [1.29, 1.82) is 0 Å².